The van der Waals surface area contributed by atoms with Crippen molar-refractivity contribution in [3.8, 4) is 11.5 Å². The molecular formula is C21H17FN2O2S. The van der Waals surface area contributed by atoms with E-state index in [1.807, 2.05) is 54.6 Å². The first-order chi connectivity index (χ1) is 13.2. The summed E-state index contributed by atoms with van der Waals surface area (Å²) in [5.41, 5.74) is 3.22. The smallest absolute Gasteiger partial charge is 0.250 e. The van der Waals surface area contributed by atoms with Gasteiger partial charge in [-0.25, -0.2) is 9.82 Å². The third kappa shape index (κ3) is 5.97. The van der Waals surface area contributed by atoms with Crippen molar-refractivity contribution in [3.05, 3.63) is 90.2 Å². The van der Waals surface area contributed by atoms with Crippen molar-refractivity contribution in [1.82, 2.24) is 5.43 Å². The number of hydrogen-bond acceptors (Lipinski definition) is 4. The van der Waals surface area contributed by atoms with Crippen LogP contribution < -0.4 is 10.2 Å². The minimum atomic E-state index is -0.339. The van der Waals surface area contributed by atoms with Gasteiger partial charge in [-0.3, -0.25) is 4.79 Å². The Morgan fingerprint density at radius 1 is 1.00 bits per heavy atom. The van der Waals surface area contributed by atoms with Crippen molar-refractivity contribution in [2.24, 2.45) is 5.10 Å². The highest BCUT2D eigenvalue weighted by Gasteiger charge is 2.05. The fraction of sp³-hybridized carbons (Fsp3) is 0.0476. The lowest BCUT2D eigenvalue weighted by Gasteiger charge is -2.05. The summed E-state index contributed by atoms with van der Waals surface area (Å²) >= 11 is 1.12. The number of nitrogens with one attached hydrogen (secondary N) is 1. The standard InChI is InChI=1S/C21H17FN2O2S/c22-19-11-4-5-12-20(19)27-15-21(25)24-23-14-16-7-6-10-18(13-16)26-17-8-2-1-3-9-17/h1-14H,15H2,(H,24,25)/b23-14-. The molecule has 0 radical (unpaired) electrons. The monoisotopic (exact) mass is 380 g/mol. The van der Waals surface area contributed by atoms with Gasteiger partial charge < -0.3 is 4.74 Å². The first kappa shape index (κ1) is 18.7. The van der Waals surface area contributed by atoms with E-state index in [1.54, 1.807) is 18.2 Å². The normalized spacial score (nSPS) is 10.7. The van der Waals surface area contributed by atoms with Crippen LogP contribution in [-0.2, 0) is 4.79 Å². The van der Waals surface area contributed by atoms with Crippen molar-refractivity contribution in [2.75, 3.05) is 5.75 Å². The van der Waals surface area contributed by atoms with E-state index < -0.39 is 0 Å². The van der Waals surface area contributed by atoms with Gasteiger partial charge in [-0.05, 0) is 42.0 Å². The van der Waals surface area contributed by atoms with Crippen LogP contribution in [0.25, 0.3) is 0 Å². The van der Waals surface area contributed by atoms with E-state index in [-0.39, 0.29) is 17.5 Å². The molecule has 0 aliphatic carbocycles. The summed E-state index contributed by atoms with van der Waals surface area (Å²) < 4.78 is 19.3. The van der Waals surface area contributed by atoms with E-state index in [9.17, 15) is 9.18 Å². The van der Waals surface area contributed by atoms with Crippen LogP contribution >= 0.6 is 11.8 Å². The fourth-order valence-electron chi connectivity index (χ4n) is 2.20. The topological polar surface area (TPSA) is 50.7 Å². The maximum absolute atomic E-state index is 13.5. The molecule has 1 amide bonds. The predicted molar refractivity (Wildman–Crippen MR) is 106 cm³/mol. The van der Waals surface area contributed by atoms with Crippen LogP contribution in [-0.4, -0.2) is 17.9 Å². The minimum absolute atomic E-state index is 0.0788. The van der Waals surface area contributed by atoms with Gasteiger partial charge in [0.15, 0.2) is 0 Å². The first-order valence-corrected chi connectivity index (χ1v) is 9.21. The number of thioether (sulfide) groups is 1. The second-order valence-corrected chi connectivity index (χ2v) is 6.52. The van der Waals surface area contributed by atoms with E-state index in [2.05, 4.69) is 10.5 Å². The molecule has 0 aromatic heterocycles. The SMILES string of the molecule is O=C(CSc1ccccc1F)N/N=C\c1cccc(Oc2ccccc2)c1. The van der Waals surface area contributed by atoms with Crippen LogP contribution in [0, 0.1) is 5.82 Å². The molecule has 0 fully saturated rings. The number of carbonyl (C=O) groups excluding carboxylic acids is 1. The van der Waals surface area contributed by atoms with Crippen molar-refractivity contribution < 1.29 is 13.9 Å². The highest BCUT2D eigenvalue weighted by molar-refractivity contribution is 8.00. The van der Waals surface area contributed by atoms with Gasteiger partial charge in [0, 0.05) is 4.90 Å². The number of halogens is 1. The lowest BCUT2D eigenvalue weighted by molar-refractivity contribution is -0.118. The number of benzene rings is 3. The molecule has 0 unspecified atom stereocenters. The molecule has 3 aromatic rings. The molecule has 0 aliphatic rings. The molecule has 0 saturated heterocycles. The van der Waals surface area contributed by atoms with Gasteiger partial charge in [-0.2, -0.15) is 5.10 Å². The van der Waals surface area contributed by atoms with Gasteiger partial charge in [0.1, 0.15) is 17.3 Å². The zero-order valence-electron chi connectivity index (χ0n) is 14.3. The number of rotatable bonds is 7. The molecule has 0 atom stereocenters. The van der Waals surface area contributed by atoms with E-state index >= 15 is 0 Å². The molecule has 3 aromatic carbocycles. The summed E-state index contributed by atoms with van der Waals surface area (Å²) in [5.74, 6) is 0.844. The van der Waals surface area contributed by atoms with Gasteiger partial charge in [0.25, 0.3) is 0 Å². The van der Waals surface area contributed by atoms with Crippen molar-refractivity contribution >= 4 is 23.9 Å². The molecule has 27 heavy (non-hydrogen) atoms. The molecule has 0 bridgehead atoms. The Bertz CT molecular complexity index is 932. The highest BCUT2D eigenvalue weighted by Crippen LogP contribution is 2.22. The number of amides is 1. The summed E-state index contributed by atoms with van der Waals surface area (Å²) in [6.45, 7) is 0. The van der Waals surface area contributed by atoms with Gasteiger partial charge >= 0.3 is 0 Å². The summed E-state index contributed by atoms with van der Waals surface area (Å²) in [5, 5.41) is 3.94. The summed E-state index contributed by atoms with van der Waals surface area (Å²) in [4.78, 5) is 12.3. The Morgan fingerprint density at radius 2 is 1.74 bits per heavy atom. The molecule has 0 spiro atoms. The number of para-hydroxylation sites is 1. The van der Waals surface area contributed by atoms with Gasteiger partial charge in [-0.1, -0.05) is 42.5 Å². The number of hydrogen-bond donors (Lipinski definition) is 1. The third-order valence-electron chi connectivity index (χ3n) is 3.44. The molecule has 4 nitrogen and oxygen atoms in total. The Hall–Kier alpha value is -3.12. The highest BCUT2D eigenvalue weighted by atomic mass is 32.2. The Morgan fingerprint density at radius 3 is 2.56 bits per heavy atom. The molecule has 136 valence electrons. The van der Waals surface area contributed by atoms with Gasteiger partial charge in [0.2, 0.25) is 5.91 Å². The summed E-state index contributed by atoms with van der Waals surface area (Å²) in [6, 6.07) is 23.1. The van der Waals surface area contributed by atoms with E-state index in [1.165, 1.54) is 12.3 Å². The third-order valence-corrected chi connectivity index (χ3v) is 4.48. The van der Waals surface area contributed by atoms with E-state index in [4.69, 9.17) is 4.74 Å². The second-order valence-electron chi connectivity index (χ2n) is 5.50. The summed E-state index contributed by atoms with van der Waals surface area (Å²) in [6.07, 6.45) is 1.53. The average molecular weight is 380 g/mol. The maximum atomic E-state index is 13.5. The minimum Gasteiger partial charge on any atom is -0.457 e. The van der Waals surface area contributed by atoms with Crippen molar-refractivity contribution in [2.45, 2.75) is 4.90 Å². The van der Waals surface area contributed by atoms with Crippen LogP contribution in [0.4, 0.5) is 4.39 Å². The lowest BCUT2D eigenvalue weighted by Crippen LogP contribution is -2.19. The van der Waals surface area contributed by atoms with Gasteiger partial charge in [-0.15, -0.1) is 11.8 Å². The average Bonchev–Trinajstić information content (AvgIpc) is 2.68. The molecule has 6 heteroatoms. The van der Waals surface area contributed by atoms with E-state index in [0.29, 0.717) is 10.6 Å². The quantitative estimate of drug-likeness (QED) is 0.362. The van der Waals surface area contributed by atoms with Crippen LogP contribution in [0.1, 0.15) is 5.56 Å². The zero-order valence-corrected chi connectivity index (χ0v) is 15.2. The maximum Gasteiger partial charge on any atom is 0.250 e. The molecule has 1 N–H and O–H groups in total. The zero-order chi connectivity index (χ0) is 18.9. The number of carbonyl (C=O) groups is 1. The number of hydrazone groups is 1. The van der Waals surface area contributed by atoms with E-state index in [0.717, 1.165) is 23.1 Å². The first-order valence-electron chi connectivity index (χ1n) is 8.23. The van der Waals surface area contributed by atoms with Crippen LogP contribution in [0.2, 0.25) is 0 Å². The molecular weight excluding hydrogens is 363 g/mol. The van der Waals surface area contributed by atoms with Crippen molar-refractivity contribution in [1.29, 1.82) is 0 Å². The largest absolute Gasteiger partial charge is 0.457 e. The predicted octanol–water partition coefficient (Wildman–Crippen LogP) is 4.86. The molecule has 0 heterocycles. The Balaban J connectivity index is 1.51. The number of nitrogens with zero attached hydrogens (tertiary/aromatic N) is 1. The Kier molecular flexibility index (Phi) is 6.60. The Labute approximate surface area is 161 Å². The van der Waals surface area contributed by atoms with Crippen molar-refractivity contribution in [3.63, 3.8) is 0 Å². The lowest BCUT2D eigenvalue weighted by atomic mass is 10.2. The van der Waals surface area contributed by atoms with Gasteiger partial charge in [0.05, 0.1) is 12.0 Å². The molecule has 0 saturated carbocycles. The van der Waals surface area contributed by atoms with Crippen LogP contribution in [0.15, 0.2) is 88.9 Å². The summed E-state index contributed by atoms with van der Waals surface area (Å²) in [7, 11) is 0. The fourth-order valence-corrected chi connectivity index (χ4v) is 2.93. The molecule has 3 rings (SSSR count). The van der Waals surface area contributed by atoms with Crippen LogP contribution in [0.5, 0.6) is 11.5 Å². The second kappa shape index (κ2) is 9.54. The number of ether oxygens (including phenoxy) is 1. The van der Waals surface area contributed by atoms with Crippen LogP contribution in [0.3, 0.4) is 0 Å². The molecule has 0 aliphatic heterocycles.